The second kappa shape index (κ2) is 26.6. The second-order valence-corrected chi connectivity index (χ2v) is 16.3. The highest BCUT2D eigenvalue weighted by molar-refractivity contribution is 9.11. The van der Waals surface area contributed by atoms with Crippen LogP contribution in [0, 0.1) is 0 Å². The van der Waals surface area contributed by atoms with Gasteiger partial charge in [-0.25, -0.2) is 19.2 Å². The van der Waals surface area contributed by atoms with Crippen LogP contribution < -0.4 is 0 Å². The van der Waals surface area contributed by atoms with Gasteiger partial charge in [0.1, 0.15) is 0 Å². The van der Waals surface area contributed by atoms with E-state index in [9.17, 15) is 76.7 Å². The Hall–Kier alpha value is -7.04. The molecule has 0 N–H and O–H groups in total. The summed E-state index contributed by atoms with van der Waals surface area (Å²) in [5.74, 6) is -14.0. The van der Waals surface area contributed by atoms with E-state index in [1.807, 2.05) is 0 Å². The van der Waals surface area contributed by atoms with E-state index in [1.165, 1.54) is 0 Å². The minimum absolute atomic E-state index is 0.199. The first kappa shape index (κ1) is 55.6. The van der Waals surface area contributed by atoms with Crippen molar-refractivity contribution < 1.29 is 96.1 Å². The molecule has 0 aromatic rings. The van der Waals surface area contributed by atoms with Gasteiger partial charge in [0.25, 0.3) is 47.3 Å². The van der Waals surface area contributed by atoms with E-state index in [0.717, 1.165) is 36.8 Å². The average Bonchev–Trinajstić information content (AvgIpc) is 4.02. The molecule has 4 fully saturated rings. The number of hydrogen-bond acceptors (Lipinski definition) is 20. The monoisotopic (exact) mass is 1110 g/mol. The first-order valence-electron chi connectivity index (χ1n) is 21.4. The van der Waals surface area contributed by atoms with Crippen LogP contribution in [0.3, 0.4) is 0 Å². The molecule has 1 unspecified atom stereocenters. The maximum Gasteiger partial charge on any atom is 0.334 e. The minimum Gasteiger partial charge on any atom is -0.342 e. The average molecular weight is 1120 g/mol. The van der Waals surface area contributed by atoms with Crippen molar-refractivity contribution in [3.05, 3.63) is 22.1 Å². The lowest BCUT2D eigenvalue weighted by atomic mass is 10.0. The summed E-state index contributed by atoms with van der Waals surface area (Å²) in [6.07, 6.45) is -3.81. The highest BCUT2D eigenvalue weighted by Crippen LogP contribution is 2.19. The molecule has 4 saturated heterocycles. The number of amides is 11. The normalized spacial score (nSPS) is 16.5. The molecule has 0 aliphatic carbocycles. The van der Waals surface area contributed by atoms with Gasteiger partial charge in [-0.15, -0.1) is 20.3 Å². The lowest BCUT2D eigenvalue weighted by Crippen LogP contribution is -2.47. The molecule has 70 heavy (non-hydrogen) atoms. The van der Waals surface area contributed by atoms with Crippen molar-refractivity contribution in [1.82, 2.24) is 35.0 Å². The van der Waals surface area contributed by atoms with Crippen LogP contribution in [0.25, 0.3) is 0 Å². The Morgan fingerprint density at radius 2 is 0.714 bits per heavy atom. The molecule has 4 aliphatic rings. The Bertz CT molecular complexity index is 1940. The smallest absolute Gasteiger partial charge is 0.334 e. The van der Waals surface area contributed by atoms with Crippen molar-refractivity contribution in [1.29, 1.82) is 0 Å². The standard InChI is InChI=1S/C41H45Br2N7O20/c42-18-11-26(51)25(1-2-27(52)44(20-14-38(63)67-47-30(55)3-4-31(47)56)21-15-39(64)68-48-32(57)5-6-33(48)58)46(29(54)12-19-43)24-13-28(53)45(22-16-40(65)69-49-34(59)7-8-35(49)60)23-17-41(66)70-50-36(61)9-10-37(50)62/h11-12,18-19,25H,1-10,13-17,20-24H2/b18-11+,19-12+. The van der Waals surface area contributed by atoms with E-state index in [-0.39, 0.29) is 71.6 Å². The lowest BCUT2D eigenvalue weighted by Gasteiger charge is -2.31. The summed E-state index contributed by atoms with van der Waals surface area (Å²) in [7, 11) is 0. The van der Waals surface area contributed by atoms with Gasteiger partial charge in [0.05, 0.1) is 31.7 Å². The third-order valence-corrected chi connectivity index (χ3v) is 11.0. The van der Waals surface area contributed by atoms with E-state index < -0.39 is 178 Å². The summed E-state index contributed by atoms with van der Waals surface area (Å²) in [5.41, 5.74) is 0. The number of rotatable bonds is 26. The molecular weight excluding hydrogens is 1070 g/mol. The van der Waals surface area contributed by atoms with Gasteiger partial charge in [-0.05, 0) is 22.5 Å². The molecule has 4 heterocycles. The van der Waals surface area contributed by atoms with Crippen LogP contribution in [-0.4, -0.2) is 168 Å². The Kier molecular flexibility index (Phi) is 21.1. The maximum atomic E-state index is 13.9. The molecule has 4 rings (SSSR count). The number of halogens is 2. The number of imide groups is 4. The van der Waals surface area contributed by atoms with Crippen LogP contribution in [0.4, 0.5) is 0 Å². The zero-order chi connectivity index (χ0) is 51.7. The Morgan fingerprint density at radius 1 is 0.429 bits per heavy atom. The number of nitrogens with zero attached hydrogens (tertiary/aromatic N) is 7. The number of hydrogen-bond donors (Lipinski definition) is 0. The zero-order valence-corrected chi connectivity index (χ0v) is 40.3. The van der Waals surface area contributed by atoms with E-state index in [0.29, 0.717) is 0 Å². The van der Waals surface area contributed by atoms with Crippen molar-refractivity contribution in [2.24, 2.45) is 0 Å². The van der Waals surface area contributed by atoms with Gasteiger partial charge in [-0.1, -0.05) is 31.9 Å². The van der Waals surface area contributed by atoms with Crippen molar-refractivity contribution in [2.75, 3.05) is 32.7 Å². The van der Waals surface area contributed by atoms with Gasteiger partial charge in [0.15, 0.2) is 5.78 Å². The summed E-state index contributed by atoms with van der Waals surface area (Å²) in [6.45, 7) is -2.57. The quantitative estimate of drug-likeness (QED) is 0.0770. The first-order valence-corrected chi connectivity index (χ1v) is 23.3. The fourth-order valence-corrected chi connectivity index (χ4v) is 7.32. The van der Waals surface area contributed by atoms with Crippen LogP contribution >= 0.6 is 31.9 Å². The molecule has 0 saturated carbocycles. The van der Waals surface area contributed by atoms with Gasteiger partial charge in [-0.2, -0.15) is 0 Å². The number of carbonyl (C=O) groups is 16. The van der Waals surface area contributed by atoms with Crippen LogP contribution in [-0.2, 0) is 96.1 Å². The maximum absolute atomic E-state index is 13.9. The van der Waals surface area contributed by atoms with Crippen molar-refractivity contribution in [2.45, 2.75) is 102 Å². The predicted octanol–water partition coefficient (Wildman–Crippen LogP) is -0.613. The molecule has 4 aliphatic heterocycles. The molecule has 11 amide bonds. The fraction of sp³-hybridized carbons (Fsp3) is 0.512. The Labute approximate surface area is 413 Å². The molecule has 0 aromatic heterocycles. The highest BCUT2D eigenvalue weighted by atomic mass is 79.9. The highest BCUT2D eigenvalue weighted by Gasteiger charge is 2.37. The number of ketones is 1. The van der Waals surface area contributed by atoms with Crippen molar-refractivity contribution >= 4 is 126 Å². The number of hydroxylamine groups is 8. The fourth-order valence-electron chi connectivity index (χ4n) is 6.84. The Balaban J connectivity index is 1.51. The summed E-state index contributed by atoms with van der Waals surface area (Å²) in [6, 6.07) is -1.51. The molecule has 0 bridgehead atoms. The largest absolute Gasteiger partial charge is 0.342 e. The third-order valence-electron chi connectivity index (χ3n) is 10.5. The van der Waals surface area contributed by atoms with E-state index in [1.54, 1.807) is 0 Å². The molecule has 378 valence electrons. The zero-order valence-electron chi connectivity index (χ0n) is 37.1. The predicted molar refractivity (Wildman–Crippen MR) is 231 cm³/mol. The minimum atomic E-state index is -1.51. The van der Waals surface area contributed by atoms with Gasteiger partial charge in [0.2, 0.25) is 17.7 Å². The van der Waals surface area contributed by atoms with Crippen molar-refractivity contribution in [3.63, 3.8) is 0 Å². The lowest BCUT2D eigenvalue weighted by molar-refractivity contribution is -0.198. The van der Waals surface area contributed by atoms with Gasteiger partial charge >= 0.3 is 23.9 Å². The summed E-state index contributed by atoms with van der Waals surface area (Å²) in [4.78, 5) is 226. The molecule has 29 heteroatoms. The van der Waals surface area contributed by atoms with E-state index in [2.05, 4.69) is 31.9 Å². The summed E-state index contributed by atoms with van der Waals surface area (Å²) >= 11 is 5.98. The van der Waals surface area contributed by atoms with Gasteiger partial charge in [-0.3, -0.25) is 57.5 Å². The van der Waals surface area contributed by atoms with Crippen LogP contribution in [0.2, 0.25) is 0 Å². The van der Waals surface area contributed by atoms with Gasteiger partial charge in [0, 0.05) is 103 Å². The van der Waals surface area contributed by atoms with Crippen molar-refractivity contribution in [3.8, 4) is 0 Å². The van der Waals surface area contributed by atoms with E-state index >= 15 is 0 Å². The third kappa shape index (κ3) is 16.0. The Morgan fingerprint density at radius 3 is 1.00 bits per heavy atom. The molecule has 27 nitrogen and oxygen atoms in total. The van der Waals surface area contributed by atoms with Gasteiger partial charge < -0.3 is 34.1 Å². The molecule has 0 aromatic carbocycles. The van der Waals surface area contributed by atoms with E-state index in [4.69, 9.17) is 19.4 Å². The summed E-state index contributed by atoms with van der Waals surface area (Å²) < 4.78 is 0. The molecule has 1 atom stereocenters. The van der Waals surface area contributed by atoms with Crippen LogP contribution in [0.15, 0.2) is 22.1 Å². The molecule has 0 spiro atoms. The second-order valence-electron chi connectivity index (χ2n) is 15.3. The van der Waals surface area contributed by atoms with Crippen LogP contribution in [0.1, 0.15) is 96.3 Å². The topological polar surface area (TPSA) is 333 Å². The summed E-state index contributed by atoms with van der Waals surface area (Å²) in [5, 5.41) is 1.13. The first-order chi connectivity index (χ1) is 33.2. The van der Waals surface area contributed by atoms with Crippen LogP contribution in [0.5, 0.6) is 0 Å². The number of carbonyl (C=O) groups excluding carboxylic acids is 16. The molecular formula is C41H45Br2N7O20. The SMILES string of the molecule is O=C(CCN(CCC(=O)ON1C(=O)CCC1=O)C(=O)CCC(C(=O)/C=C/Br)N(CCC(=O)N(CCC(=O)ON1C(=O)CCC1=O)CCC(=O)ON1C(=O)CCC1=O)C(=O)/C=C/Br)ON1C(=O)CCC1=O. The molecule has 0 radical (unpaired) electrons.